The molecule has 0 bridgehead atoms. The second-order valence-corrected chi connectivity index (χ2v) is 4.61. The number of esters is 2. The maximum Gasteiger partial charge on any atom is 0.373 e. The van der Waals surface area contributed by atoms with Gasteiger partial charge in [0.2, 0.25) is 5.76 Å². The molecule has 0 radical (unpaired) electrons. The minimum absolute atomic E-state index is 0.0476. The van der Waals surface area contributed by atoms with Crippen molar-refractivity contribution in [2.45, 2.75) is 13.5 Å². The Balaban J connectivity index is 1.86. The summed E-state index contributed by atoms with van der Waals surface area (Å²) in [4.78, 5) is 22.8. The number of carbonyl (C=O) groups is 2. The fourth-order valence-electron chi connectivity index (χ4n) is 1.70. The van der Waals surface area contributed by atoms with E-state index in [0.717, 1.165) is 11.1 Å². The minimum Gasteiger partial charge on any atom is -0.463 e. The summed E-state index contributed by atoms with van der Waals surface area (Å²) >= 11 is 0. The van der Waals surface area contributed by atoms with Crippen molar-refractivity contribution in [2.75, 3.05) is 7.11 Å². The summed E-state index contributed by atoms with van der Waals surface area (Å²) in [6.45, 7) is 1.95. The third kappa shape index (κ3) is 4.34. The standard InChI is InChI=1S/C17H16O5/c1-12-3-5-13(6-4-12)7-10-16(18)21-11-14-8-9-15(22-14)17(19)20-2/h3-10H,11H2,1-2H3/b10-7+. The first-order chi connectivity index (χ1) is 10.6. The molecule has 2 aromatic rings. The summed E-state index contributed by atoms with van der Waals surface area (Å²) in [7, 11) is 1.26. The molecule has 2 rings (SSSR count). The largest absolute Gasteiger partial charge is 0.463 e. The van der Waals surface area contributed by atoms with E-state index in [1.54, 1.807) is 12.1 Å². The molecule has 0 aliphatic carbocycles. The van der Waals surface area contributed by atoms with Crippen LogP contribution in [0.4, 0.5) is 0 Å². The Labute approximate surface area is 128 Å². The van der Waals surface area contributed by atoms with Gasteiger partial charge in [-0.1, -0.05) is 29.8 Å². The molecule has 0 spiro atoms. The van der Waals surface area contributed by atoms with Crippen molar-refractivity contribution in [3.63, 3.8) is 0 Å². The molecule has 0 saturated heterocycles. The summed E-state index contributed by atoms with van der Waals surface area (Å²) in [6, 6.07) is 10.8. The van der Waals surface area contributed by atoms with Gasteiger partial charge in [-0.2, -0.15) is 0 Å². The molecule has 1 heterocycles. The van der Waals surface area contributed by atoms with Crippen LogP contribution >= 0.6 is 0 Å². The number of hydrogen-bond acceptors (Lipinski definition) is 5. The summed E-state index contributed by atoms with van der Waals surface area (Å²) in [5.74, 6) is -0.616. The van der Waals surface area contributed by atoms with Crippen molar-refractivity contribution < 1.29 is 23.5 Å². The second-order valence-electron chi connectivity index (χ2n) is 4.61. The number of furan rings is 1. The van der Waals surface area contributed by atoms with Crippen molar-refractivity contribution in [1.29, 1.82) is 0 Å². The zero-order valence-corrected chi connectivity index (χ0v) is 12.4. The molecule has 0 atom stereocenters. The van der Waals surface area contributed by atoms with Crippen molar-refractivity contribution in [3.05, 3.63) is 65.1 Å². The van der Waals surface area contributed by atoms with E-state index in [4.69, 9.17) is 9.15 Å². The highest BCUT2D eigenvalue weighted by molar-refractivity contribution is 5.87. The van der Waals surface area contributed by atoms with Crippen LogP contribution in [0.3, 0.4) is 0 Å². The van der Waals surface area contributed by atoms with Crippen molar-refractivity contribution in [1.82, 2.24) is 0 Å². The quantitative estimate of drug-likeness (QED) is 0.627. The zero-order valence-electron chi connectivity index (χ0n) is 12.4. The van der Waals surface area contributed by atoms with Crippen LogP contribution in [0.15, 0.2) is 46.9 Å². The van der Waals surface area contributed by atoms with Gasteiger partial charge in [-0.25, -0.2) is 9.59 Å². The Morgan fingerprint density at radius 2 is 1.86 bits per heavy atom. The molecule has 22 heavy (non-hydrogen) atoms. The van der Waals surface area contributed by atoms with Crippen molar-refractivity contribution in [2.24, 2.45) is 0 Å². The Bertz CT molecular complexity index is 679. The van der Waals surface area contributed by atoms with Crippen LogP contribution in [0.2, 0.25) is 0 Å². The minimum atomic E-state index is -0.572. The summed E-state index contributed by atoms with van der Waals surface area (Å²) in [5.41, 5.74) is 2.06. The number of methoxy groups -OCH3 is 1. The van der Waals surface area contributed by atoms with Gasteiger partial charge < -0.3 is 13.9 Å². The lowest BCUT2D eigenvalue weighted by atomic mass is 10.1. The maximum atomic E-state index is 11.6. The Kier molecular flexibility index (Phi) is 5.14. The van der Waals surface area contributed by atoms with Gasteiger partial charge in [0.05, 0.1) is 7.11 Å². The molecule has 0 aliphatic heterocycles. The van der Waals surface area contributed by atoms with E-state index in [1.807, 2.05) is 31.2 Å². The van der Waals surface area contributed by atoms with Crippen LogP contribution in [0.25, 0.3) is 6.08 Å². The number of hydrogen-bond donors (Lipinski definition) is 0. The average molecular weight is 300 g/mol. The van der Waals surface area contributed by atoms with Gasteiger partial charge in [-0.15, -0.1) is 0 Å². The first kappa shape index (κ1) is 15.6. The summed E-state index contributed by atoms with van der Waals surface area (Å²) in [6.07, 6.45) is 3.01. The lowest BCUT2D eigenvalue weighted by Gasteiger charge is -1.99. The number of aryl methyl sites for hydroxylation is 1. The predicted molar refractivity (Wildman–Crippen MR) is 80.1 cm³/mol. The van der Waals surface area contributed by atoms with Gasteiger partial charge in [0.1, 0.15) is 12.4 Å². The number of rotatable bonds is 5. The SMILES string of the molecule is COC(=O)c1ccc(COC(=O)/C=C/c2ccc(C)cc2)o1. The molecular weight excluding hydrogens is 284 g/mol. The topological polar surface area (TPSA) is 65.7 Å². The molecule has 5 nitrogen and oxygen atoms in total. The molecule has 0 aliphatic rings. The van der Waals surface area contributed by atoms with Crippen molar-refractivity contribution >= 4 is 18.0 Å². The number of ether oxygens (including phenoxy) is 2. The monoisotopic (exact) mass is 300 g/mol. The van der Waals surface area contributed by atoms with E-state index in [0.29, 0.717) is 5.76 Å². The fourth-order valence-corrected chi connectivity index (χ4v) is 1.70. The van der Waals surface area contributed by atoms with Crippen LogP contribution in [0.1, 0.15) is 27.4 Å². The number of carbonyl (C=O) groups excluding carboxylic acids is 2. The Hall–Kier alpha value is -2.82. The maximum absolute atomic E-state index is 11.6. The lowest BCUT2D eigenvalue weighted by Crippen LogP contribution is -2.01. The molecule has 1 aromatic carbocycles. The van der Waals surface area contributed by atoms with Crippen molar-refractivity contribution in [3.8, 4) is 0 Å². The van der Waals surface area contributed by atoms with Crippen LogP contribution in [-0.2, 0) is 20.9 Å². The number of benzene rings is 1. The molecule has 0 amide bonds. The van der Waals surface area contributed by atoms with E-state index in [-0.39, 0.29) is 12.4 Å². The van der Waals surface area contributed by atoms with E-state index in [9.17, 15) is 9.59 Å². The molecule has 114 valence electrons. The second kappa shape index (κ2) is 7.26. The van der Waals surface area contributed by atoms with Crippen LogP contribution < -0.4 is 0 Å². The Morgan fingerprint density at radius 1 is 1.14 bits per heavy atom. The molecule has 1 aromatic heterocycles. The summed E-state index contributed by atoms with van der Waals surface area (Å²) < 4.78 is 14.7. The lowest BCUT2D eigenvalue weighted by molar-refractivity contribution is -0.139. The first-order valence-corrected chi connectivity index (χ1v) is 6.67. The van der Waals surface area contributed by atoms with E-state index < -0.39 is 11.9 Å². The fraction of sp³-hybridized carbons (Fsp3) is 0.176. The van der Waals surface area contributed by atoms with Gasteiger partial charge in [0.15, 0.2) is 0 Å². The normalized spacial score (nSPS) is 10.6. The van der Waals surface area contributed by atoms with Crippen LogP contribution in [0, 0.1) is 6.92 Å². The van der Waals surface area contributed by atoms with Gasteiger partial charge in [0.25, 0.3) is 0 Å². The molecule has 0 saturated carbocycles. The smallest absolute Gasteiger partial charge is 0.373 e. The van der Waals surface area contributed by atoms with E-state index >= 15 is 0 Å². The van der Waals surface area contributed by atoms with E-state index in [2.05, 4.69) is 4.74 Å². The highest BCUT2D eigenvalue weighted by atomic mass is 16.5. The molecule has 5 heteroatoms. The summed E-state index contributed by atoms with van der Waals surface area (Å²) in [5, 5.41) is 0. The van der Waals surface area contributed by atoms with E-state index in [1.165, 1.54) is 19.3 Å². The third-order valence-corrected chi connectivity index (χ3v) is 2.89. The highest BCUT2D eigenvalue weighted by Crippen LogP contribution is 2.11. The molecule has 0 unspecified atom stereocenters. The third-order valence-electron chi connectivity index (χ3n) is 2.89. The molecular formula is C17H16O5. The highest BCUT2D eigenvalue weighted by Gasteiger charge is 2.11. The van der Waals surface area contributed by atoms with Crippen LogP contribution in [-0.4, -0.2) is 19.0 Å². The van der Waals surface area contributed by atoms with Gasteiger partial charge in [-0.05, 0) is 30.7 Å². The van der Waals surface area contributed by atoms with Crippen LogP contribution in [0.5, 0.6) is 0 Å². The average Bonchev–Trinajstić information content (AvgIpc) is 3.00. The first-order valence-electron chi connectivity index (χ1n) is 6.67. The van der Waals surface area contributed by atoms with Gasteiger partial charge in [-0.3, -0.25) is 0 Å². The molecule has 0 N–H and O–H groups in total. The molecule has 0 fully saturated rings. The van der Waals surface area contributed by atoms with Gasteiger partial charge in [0, 0.05) is 6.08 Å². The zero-order chi connectivity index (χ0) is 15.9. The van der Waals surface area contributed by atoms with Gasteiger partial charge >= 0.3 is 11.9 Å². The predicted octanol–water partition coefficient (Wildman–Crippen LogP) is 3.13. The Morgan fingerprint density at radius 3 is 2.55 bits per heavy atom.